The Hall–Kier alpha value is -2.27. The number of aryl methyl sites for hydroxylation is 1. The van der Waals surface area contributed by atoms with Gasteiger partial charge in [0.15, 0.2) is 0 Å². The fourth-order valence-electron chi connectivity index (χ4n) is 2.58. The third-order valence-electron chi connectivity index (χ3n) is 4.06. The van der Waals surface area contributed by atoms with Gasteiger partial charge in [-0.05, 0) is 42.1 Å². The first-order chi connectivity index (χ1) is 12.9. The van der Waals surface area contributed by atoms with Crippen LogP contribution in [0.2, 0.25) is 0 Å². The van der Waals surface area contributed by atoms with Gasteiger partial charge in [0.2, 0.25) is 10.0 Å². The third kappa shape index (κ3) is 4.35. The van der Waals surface area contributed by atoms with E-state index in [-0.39, 0.29) is 23.5 Å². The number of thiophene rings is 1. The fourth-order valence-corrected chi connectivity index (χ4v) is 4.86. The van der Waals surface area contributed by atoms with Gasteiger partial charge in [0, 0.05) is 18.7 Å². The number of ether oxygens (including phenoxy) is 1. The number of hydrogen-bond acceptors (Lipinski definition) is 6. The standard InChI is InChI=1S/C17H19N3O5S2/c1-12-5-10-26-15(12)17(22)19-18-16(21)13-3-2-4-14(11-13)27(23,24)20-6-8-25-9-7-20/h2-5,10-11H,6-9H2,1H3,(H,18,21)(H,19,22). The number of carbonyl (C=O) groups is 2. The number of nitrogens with one attached hydrogen (secondary N) is 2. The van der Waals surface area contributed by atoms with Crippen LogP contribution in [0.3, 0.4) is 0 Å². The maximum atomic E-state index is 12.7. The predicted octanol–water partition coefficient (Wildman–Crippen LogP) is 1.15. The Labute approximate surface area is 161 Å². The summed E-state index contributed by atoms with van der Waals surface area (Å²) >= 11 is 1.27. The second kappa shape index (κ2) is 8.17. The zero-order valence-corrected chi connectivity index (χ0v) is 16.2. The van der Waals surface area contributed by atoms with Crippen LogP contribution in [0.1, 0.15) is 25.6 Å². The van der Waals surface area contributed by atoms with Crippen molar-refractivity contribution in [1.29, 1.82) is 0 Å². The van der Waals surface area contributed by atoms with Gasteiger partial charge in [0.25, 0.3) is 11.8 Å². The molecule has 2 heterocycles. The number of rotatable bonds is 4. The van der Waals surface area contributed by atoms with Gasteiger partial charge in [-0.2, -0.15) is 4.31 Å². The van der Waals surface area contributed by atoms with E-state index in [4.69, 9.17) is 4.74 Å². The van der Waals surface area contributed by atoms with Gasteiger partial charge >= 0.3 is 0 Å². The van der Waals surface area contributed by atoms with E-state index >= 15 is 0 Å². The highest BCUT2D eigenvalue weighted by atomic mass is 32.2. The van der Waals surface area contributed by atoms with E-state index in [1.54, 1.807) is 18.4 Å². The Morgan fingerprint density at radius 1 is 1.11 bits per heavy atom. The number of hydrogen-bond donors (Lipinski definition) is 2. The minimum atomic E-state index is -3.70. The first kappa shape index (κ1) is 19.5. The molecule has 0 atom stereocenters. The quantitative estimate of drug-likeness (QED) is 0.737. The second-order valence-corrected chi connectivity index (χ2v) is 8.74. The van der Waals surface area contributed by atoms with E-state index in [1.807, 2.05) is 0 Å². The van der Waals surface area contributed by atoms with Crippen molar-refractivity contribution in [2.24, 2.45) is 0 Å². The Balaban J connectivity index is 1.70. The average Bonchev–Trinajstić information content (AvgIpc) is 3.12. The number of amides is 2. The molecule has 144 valence electrons. The molecule has 1 saturated heterocycles. The minimum absolute atomic E-state index is 0.0254. The molecule has 2 aromatic rings. The topological polar surface area (TPSA) is 105 Å². The molecule has 0 aliphatic carbocycles. The Morgan fingerprint density at radius 3 is 2.48 bits per heavy atom. The molecular formula is C17H19N3O5S2. The molecule has 1 aliphatic rings. The van der Waals surface area contributed by atoms with Crippen LogP contribution < -0.4 is 10.9 Å². The van der Waals surface area contributed by atoms with Crippen molar-refractivity contribution in [2.45, 2.75) is 11.8 Å². The van der Waals surface area contributed by atoms with Crippen LogP contribution in [-0.4, -0.2) is 50.8 Å². The molecule has 10 heteroatoms. The molecular weight excluding hydrogens is 390 g/mol. The first-order valence-corrected chi connectivity index (χ1v) is 10.5. The van der Waals surface area contributed by atoms with E-state index in [9.17, 15) is 18.0 Å². The summed E-state index contributed by atoms with van der Waals surface area (Å²) in [5.41, 5.74) is 5.60. The molecule has 0 radical (unpaired) electrons. The number of sulfonamides is 1. The Kier molecular flexibility index (Phi) is 5.90. The van der Waals surface area contributed by atoms with Gasteiger partial charge in [0.05, 0.1) is 23.0 Å². The first-order valence-electron chi connectivity index (χ1n) is 8.22. The molecule has 0 spiro atoms. The van der Waals surface area contributed by atoms with Gasteiger partial charge in [-0.15, -0.1) is 11.3 Å². The smallest absolute Gasteiger partial charge is 0.280 e. The molecule has 3 rings (SSSR count). The van der Waals surface area contributed by atoms with Gasteiger partial charge in [-0.3, -0.25) is 20.4 Å². The lowest BCUT2D eigenvalue weighted by Crippen LogP contribution is -2.42. The lowest BCUT2D eigenvalue weighted by atomic mass is 10.2. The third-order valence-corrected chi connectivity index (χ3v) is 6.97. The van der Waals surface area contributed by atoms with Gasteiger partial charge < -0.3 is 4.74 Å². The molecule has 0 bridgehead atoms. The van der Waals surface area contributed by atoms with Crippen molar-refractivity contribution in [3.05, 3.63) is 51.7 Å². The summed E-state index contributed by atoms with van der Waals surface area (Å²) in [4.78, 5) is 24.9. The number of hydrazine groups is 1. The summed E-state index contributed by atoms with van der Waals surface area (Å²) in [6.45, 7) is 3.03. The summed E-state index contributed by atoms with van der Waals surface area (Å²) in [6.07, 6.45) is 0. The van der Waals surface area contributed by atoms with Gasteiger partial charge in [-0.25, -0.2) is 8.42 Å². The van der Waals surface area contributed by atoms with Crippen molar-refractivity contribution in [2.75, 3.05) is 26.3 Å². The van der Waals surface area contributed by atoms with Crippen molar-refractivity contribution in [3.63, 3.8) is 0 Å². The van der Waals surface area contributed by atoms with Crippen molar-refractivity contribution in [3.8, 4) is 0 Å². The maximum Gasteiger partial charge on any atom is 0.280 e. The highest BCUT2D eigenvalue weighted by Gasteiger charge is 2.27. The zero-order valence-electron chi connectivity index (χ0n) is 14.6. The van der Waals surface area contributed by atoms with E-state index in [0.717, 1.165) is 5.56 Å². The SMILES string of the molecule is Cc1ccsc1C(=O)NNC(=O)c1cccc(S(=O)(=O)N2CCOCC2)c1. The molecule has 0 saturated carbocycles. The second-order valence-electron chi connectivity index (χ2n) is 5.89. The Morgan fingerprint density at radius 2 is 1.81 bits per heavy atom. The minimum Gasteiger partial charge on any atom is -0.379 e. The van der Waals surface area contributed by atoms with E-state index in [0.29, 0.717) is 18.1 Å². The zero-order chi connectivity index (χ0) is 19.4. The van der Waals surface area contributed by atoms with Crippen molar-refractivity contribution >= 4 is 33.2 Å². The number of carbonyl (C=O) groups excluding carboxylic acids is 2. The maximum absolute atomic E-state index is 12.7. The van der Waals surface area contributed by atoms with Crippen LogP contribution in [0.4, 0.5) is 0 Å². The van der Waals surface area contributed by atoms with Crippen molar-refractivity contribution in [1.82, 2.24) is 15.2 Å². The van der Waals surface area contributed by atoms with E-state index in [2.05, 4.69) is 10.9 Å². The average molecular weight is 409 g/mol. The van der Waals surface area contributed by atoms with Crippen LogP contribution in [0, 0.1) is 6.92 Å². The molecule has 0 unspecified atom stereocenters. The summed E-state index contributed by atoms with van der Waals surface area (Å²) < 4.78 is 31.9. The van der Waals surface area contributed by atoms with Crippen molar-refractivity contribution < 1.29 is 22.7 Å². The molecule has 1 aliphatic heterocycles. The molecule has 1 fully saturated rings. The summed E-state index contributed by atoms with van der Waals surface area (Å²) in [5.74, 6) is -1.02. The molecule has 1 aromatic carbocycles. The fraction of sp³-hybridized carbons (Fsp3) is 0.294. The van der Waals surface area contributed by atoms with Crippen LogP contribution in [-0.2, 0) is 14.8 Å². The monoisotopic (exact) mass is 409 g/mol. The summed E-state index contributed by atoms with van der Waals surface area (Å²) in [5, 5.41) is 1.78. The highest BCUT2D eigenvalue weighted by molar-refractivity contribution is 7.89. The number of nitrogens with zero attached hydrogens (tertiary/aromatic N) is 1. The molecule has 2 amide bonds. The largest absolute Gasteiger partial charge is 0.379 e. The lowest BCUT2D eigenvalue weighted by molar-refractivity contribution is 0.0730. The molecule has 27 heavy (non-hydrogen) atoms. The normalized spacial score (nSPS) is 15.3. The predicted molar refractivity (Wildman–Crippen MR) is 100 cm³/mol. The van der Waals surface area contributed by atoms with E-state index < -0.39 is 21.8 Å². The molecule has 1 aromatic heterocycles. The summed E-state index contributed by atoms with van der Waals surface area (Å²) in [7, 11) is -3.70. The number of benzene rings is 1. The molecule has 2 N–H and O–H groups in total. The highest BCUT2D eigenvalue weighted by Crippen LogP contribution is 2.18. The lowest BCUT2D eigenvalue weighted by Gasteiger charge is -2.26. The number of morpholine rings is 1. The van der Waals surface area contributed by atoms with E-state index in [1.165, 1.54) is 39.9 Å². The van der Waals surface area contributed by atoms with Crippen LogP contribution >= 0.6 is 11.3 Å². The van der Waals surface area contributed by atoms with Gasteiger partial charge in [0.1, 0.15) is 0 Å². The van der Waals surface area contributed by atoms with Crippen LogP contribution in [0.5, 0.6) is 0 Å². The molecule has 8 nitrogen and oxygen atoms in total. The Bertz CT molecular complexity index is 949. The summed E-state index contributed by atoms with van der Waals surface area (Å²) in [6, 6.07) is 7.52. The van der Waals surface area contributed by atoms with Crippen LogP contribution in [0.15, 0.2) is 40.6 Å². The van der Waals surface area contributed by atoms with Gasteiger partial charge in [-0.1, -0.05) is 6.07 Å². The van der Waals surface area contributed by atoms with Crippen LogP contribution in [0.25, 0.3) is 0 Å².